The molecular weight excluding hydrogens is 514 g/mol. The van der Waals surface area contributed by atoms with Crippen LogP contribution >= 0.6 is 55.8 Å². The van der Waals surface area contributed by atoms with Crippen molar-refractivity contribution in [2.75, 3.05) is 18.6 Å². The maximum Gasteiger partial charge on any atom is 0.270 e. The van der Waals surface area contributed by atoms with Gasteiger partial charge in [0.2, 0.25) is 0 Å². The van der Waals surface area contributed by atoms with Crippen LogP contribution in [0, 0.1) is 0 Å². The molecule has 1 aliphatic heterocycles. The highest BCUT2D eigenvalue weighted by molar-refractivity contribution is 9.10. The van der Waals surface area contributed by atoms with E-state index in [1.807, 2.05) is 49.4 Å². The van der Waals surface area contributed by atoms with Gasteiger partial charge in [-0.05, 0) is 64.8 Å². The van der Waals surface area contributed by atoms with Crippen molar-refractivity contribution >= 4 is 77.8 Å². The van der Waals surface area contributed by atoms with E-state index in [-0.39, 0.29) is 5.91 Å². The number of ether oxygens (including phenoxy) is 2. The molecule has 27 heavy (non-hydrogen) atoms. The van der Waals surface area contributed by atoms with E-state index >= 15 is 0 Å². The Balaban J connectivity index is 1.96. The number of methoxy groups -OCH3 is 1. The monoisotopic (exact) mass is 527 g/mol. The van der Waals surface area contributed by atoms with Crippen molar-refractivity contribution in [3.63, 3.8) is 0 Å². The Morgan fingerprint density at radius 2 is 2.04 bits per heavy atom. The highest BCUT2D eigenvalue weighted by Crippen LogP contribution is 2.40. The van der Waals surface area contributed by atoms with E-state index in [1.165, 1.54) is 11.8 Å². The second kappa shape index (κ2) is 8.77. The van der Waals surface area contributed by atoms with Crippen molar-refractivity contribution < 1.29 is 14.3 Å². The van der Waals surface area contributed by atoms with Crippen LogP contribution in [-0.2, 0) is 4.79 Å². The van der Waals surface area contributed by atoms with E-state index in [0.29, 0.717) is 27.3 Å². The quantitative estimate of drug-likeness (QED) is 0.350. The molecule has 0 atom stereocenters. The fourth-order valence-corrected chi connectivity index (χ4v) is 4.90. The van der Waals surface area contributed by atoms with Crippen LogP contribution in [0.1, 0.15) is 12.5 Å². The summed E-state index contributed by atoms with van der Waals surface area (Å²) in [4.78, 5) is 15.0. The predicted molar refractivity (Wildman–Crippen MR) is 122 cm³/mol. The molecule has 0 N–H and O–H groups in total. The van der Waals surface area contributed by atoms with Gasteiger partial charge in [0, 0.05) is 4.47 Å². The molecule has 3 rings (SSSR count). The van der Waals surface area contributed by atoms with Crippen molar-refractivity contribution in [1.82, 2.24) is 0 Å². The van der Waals surface area contributed by atoms with E-state index < -0.39 is 0 Å². The largest absolute Gasteiger partial charge is 0.492 e. The van der Waals surface area contributed by atoms with Gasteiger partial charge in [-0.1, -0.05) is 46.0 Å². The number of anilines is 1. The van der Waals surface area contributed by atoms with Crippen molar-refractivity contribution in [2.24, 2.45) is 0 Å². The zero-order valence-electron chi connectivity index (χ0n) is 14.5. The third kappa shape index (κ3) is 4.39. The van der Waals surface area contributed by atoms with Crippen molar-refractivity contribution in [2.45, 2.75) is 6.92 Å². The summed E-state index contributed by atoms with van der Waals surface area (Å²) in [6.45, 7) is 2.42. The number of carbonyl (C=O) groups is 1. The fraction of sp³-hybridized carbons (Fsp3) is 0.158. The lowest BCUT2D eigenvalue weighted by molar-refractivity contribution is -0.113. The summed E-state index contributed by atoms with van der Waals surface area (Å²) in [5.74, 6) is 1.09. The SMILES string of the molecule is CCOc1cc(/C=C2/SC(=S)N(c3cccc(Br)c3)C2=O)cc(Br)c1OC. The summed E-state index contributed by atoms with van der Waals surface area (Å²) >= 11 is 13.6. The molecule has 0 saturated carbocycles. The lowest BCUT2D eigenvalue weighted by Gasteiger charge is -2.14. The Morgan fingerprint density at radius 1 is 1.26 bits per heavy atom. The van der Waals surface area contributed by atoms with Gasteiger partial charge in [-0.25, -0.2) is 0 Å². The Kier molecular flexibility index (Phi) is 6.62. The van der Waals surface area contributed by atoms with Gasteiger partial charge in [0.25, 0.3) is 5.91 Å². The molecule has 0 aromatic heterocycles. The Hall–Kier alpha value is -1.35. The second-order valence-corrected chi connectivity index (χ2v) is 8.91. The molecule has 1 heterocycles. The molecule has 1 saturated heterocycles. The van der Waals surface area contributed by atoms with Crippen LogP contribution < -0.4 is 14.4 Å². The highest BCUT2D eigenvalue weighted by Gasteiger charge is 2.33. The molecule has 1 amide bonds. The lowest BCUT2D eigenvalue weighted by atomic mass is 10.1. The van der Waals surface area contributed by atoms with Gasteiger partial charge in [0.1, 0.15) is 0 Å². The number of hydrogen-bond acceptors (Lipinski definition) is 5. The summed E-state index contributed by atoms with van der Waals surface area (Å²) in [6, 6.07) is 11.2. The molecule has 2 aromatic carbocycles. The zero-order chi connectivity index (χ0) is 19.6. The number of carbonyl (C=O) groups excluding carboxylic acids is 1. The number of benzene rings is 2. The van der Waals surface area contributed by atoms with Crippen LogP contribution in [-0.4, -0.2) is 23.9 Å². The molecule has 140 valence electrons. The van der Waals surface area contributed by atoms with E-state index in [1.54, 1.807) is 12.0 Å². The molecule has 0 aliphatic carbocycles. The van der Waals surface area contributed by atoms with Crippen LogP contribution in [0.25, 0.3) is 6.08 Å². The molecule has 4 nitrogen and oxygen atoms in total. The lowest BCUT2D eigenvalue weighted by Crippen LogP contribution is -2.27. The third-order valence-electron chi connectivity index (χ3n) is 3.69. The fourth-order valence-electron chi connectivity index (χ4n) is 2.59. The number of thioether (sulfide) groups is 1. The van der Waals surface area contributed by atoms with Gasteiger partial charge >= 0.3 is 0 Å². The van der Waals surface area contributed by atoms with Crippen molar-refractivity contribution in [3.8, 4) is 11.5 Å². The number of amides is 1. The summed E-state index contributed by atoms with van der Waals surface area (Å²) in [5.41, 5.74) is 1.56. The minimum absolute atomic E-state index is 0.145. The molecule has 1 aliphatic rings. The van der Waals surface area contributed by atoms with Crippen LogP contribution in [0.2, 0.25) is 0 Å². The van der Waals surface area contributed by atoms with E-state index in [2.05, 4.69) is 31.9 Å². The average molecular weight is 529 g/mol. The van der Waals surface area contributed by atoms with Gasteiger partial charge in [0.05, 0.1) is 28.8 Å². The highest BCUT2D eigenvalue weighted by atomic mass is 79.9. The topological polar surface area (TPSA) is 38.8 Å². The van der Waals surface area contributed by atoms with Gasteiger partial charge in [0.15, 0.2) is 15.8 Å². The number of nitrogens with zero attached hydrogens (tertiary/aromatic N) is 1. The molecule has 0 unspecified atom stereocenters. The summed E-state index contributed by atoms with van der Waals surface area (Å²) in [5, 5.41) is 0. The maximum atomic E-state index is 12.9. The molecule has 1 fully saturated rings. The van der Waals surface area contributed by atoms with Gasteiger partial charge < -0.3 is 9.47 Å². The van der Waals surface area contributed by atoms with Crippen molar-refractivity contribution in [3.05, 3.63) is 55.8 Å². The van der Waals surface area contributed by atoms with Gasteiger partial charge in [-0.2, -0.15) is 0 Å². The standard InChI is InChI=1S/C19H15Br2NO3S2/c1-3-25-15-8-11(7-14(21)17(15)24-2)9-16-18(23)22(19(26)27-16)13-6-4-5-12(20)10-13/h4-10H,3H2,1-2H3/b16-9+. The smallest absolute Gasteiger partial charge is 0.270 e. The van der Waals surface area contributed by atoms with Crippen LogP contribution in [0.15, 0.2) is 50.2 Å². The molecule has 0 spiro atoms. The van der Waals surface area contributed by atoms with Crippen molar-refractivity contribution in [1.29, 1.82) is 0 Å². The summed E-state index contributed by atoms with van der Waals surface area (Å²) < 4.78 is 13.2. The summed E-state index contributed by atoms with van der Waals surface area (Å²) in [6.07, 6.45) is 1.81. The molecule has 2 aromatic rings. The molecule has 0 bridgehead atoms. The Bertz CT molecular complexity index is 947. The van der Waals surface area contributed by atoms with Crippen LogP contribution in [0.4, 0.5) is 5.69 Å². The molecule has 8 heteroatoms. The minimum Gasteiger partial charge on any atom is -0.492 e. The normalized spacial score (nSPS) is 15.6. The van der Waals surface area contributed by atoms with Crippen LogP contribution in [0.5, 0.6) is 11.5 Å². The van der Waals surface area contributed by atoms with Gasteiger partial charge in [-0.15, -0.1) is 0 Å². The second-order valence-electron chi connectivity index (χ2n) is 5.46. The first-order valence-electron chi connectivity index (χ1n) is 7.98. The third-order valence-corrected chi connectivity index (χ3v) is 6.08. The first kappa shape index (κ1) is 20.4. The number of thiocarbonyl (C=S) groups is 1. The zero-order valence-corrected chi connectivity index (χ0v) is 19.3. The maximum absolute atomic E-state index is 12.9. The minimum atomic E-state index is -0.145. The van der Waals surface area contributed by atoms with E-state index in [4.69, 9.17) is 21.7 Å². The Morgan fingerprint density at radius 3 is 2.70 bits per heavy atom. The summed E-state index contributed by atoms with van der Waals surface area (Å²) in [7, 11) is 1.59. The predicted octanol–water partition coefficient (Wildman–Crippen LogP) is 6.02. The molecular formula is C19H15Br2NO3S2. The van der Waals surface area contributed by atoms with Crippen LogP contribution in [0.3, 0.4) is 0 Å². The molecule has 0 radical (unpaired) electrons. The first-order chi connectivity index (χ1) is 12.9. The average Bonchev–Trinajstić information content (AvgIpc) is 2.88. The number of rotatable bonds is 5. The van der Waals surface area contributed by atoms with E-state index in [9.17, 15) is 4.79 Å². The first-order valence-corrected chi connectivity index (χ1v) is 10.8. The number of hydrogen-bond donors (Lipinski definition) is 0. The Labute approximate surface area is 184 Å². The number of halogens is 2. The van der Waals surface area contributed by atoms with Gasteiger partial charge in [-0.3, -0.25) is 9.69 Å². The van der Waals surface area contributed by atoms with E-state index in [0.717, 1.165) is 20.2 Å².